The summed E-state index contributed by atoms with van der Waals surface area (Å²) < 4.78 is 40.9. The van der Waals surface area contributed by atoms with Crippen molar-refractivity contribution in [1.82, 2.24) is 19.5 Å². The van der Waals surface area contributed by atoms with Gasteiger partial charge in [0.05, 0.1) is 12.3 Å². The Bertz CT molecular complexity index is 1010. The molecule has 3 aromatic rings. The number of nitrogens with one attached hydrogen (secondary N) is 1. The fraction of sp³-hybridized carbons (Fsp3) is 0.263. The van der Waals surface area contributed by atoms with E-state index in [0.717, 1.165) is 11.1 Å². The van der Waals surface area contributed by atoms with Gasteiger partial charge in [-0.1, -0.05) is 42.1 Å². The summed E-state index contributed by atoms with van der Waals surface area (Å²) in [6.45, 7) is 2.47. The molecule has 1 N–H and O–H groups in total. The quantitative estimate of drug-likeness (QED) is 0.425. The average molecular weight is 421 g/mol. The van der Waals surface area contributed by atoms with Crippen LogP contribution in [0.5, 0.6) is 0 Å². The van der Waals surface area contributed by atoms with Crippen LogP contribution >= 0.6 is 11.8 Å². The minimum absolute atomic E-state index is 0.0522. The lowest BCUT2D eigenvalue weighted by Gasteiger charge is -2.11. The van der Waals surface area contributed by atoms with Gasteiger partial charge in [-0.15, -0.1) is 10.2 Å². The van der Waals surface area contributed by atoms with Crippen molar-refractivity contribution in [2.45, 2.75) is 18.6 Å². The molecule has 0 bridgehead atoms. The van der Waals surface area contributed by atoms with E-state index in [1.165, 1.54) is 23.9 Å². The van der Waals surface area contributed by atoms with E-state index in [2.05, 4.69) is 14.9 Å². The van der Waals surface area contributed by atoms with Crippen LogP contribution in [-0.4, -0.2) is 41.2 Å². The Morgan fingerprint density at radius 1 is 1.07 bits per heavy atom. The summed E-state index contributed by atoms with van der Waals surface area (Å²) in [5.74, 6) is 0.905. The van der Waals surface area contributed by atoms with Crippen molar-refractivity contribution in [3.63, 3.8) is 0 Å². The fourth-order valence-electron chi connectivity index (χ4n) is 2.56. The van der Waals surface area contributed by atoms with Gasteiger partial charge in [0.2, 0.25) is 10.0 Å². The van der Waals surface area contributed by atoms with Gasteiger partial charge in [0.25, 0.3) is 0 Å². The van der Waals surface area contributed by atoms with Crippen molar-refractivity contribution in [2.75, 3.05) is 18.1 Å². The van der Waals surface area contributed by atoms with Gasteiger partial charge >= 0.3 is 0 Å². The Hall–Kier alpha value is -2.23. The van der Waals surface area contributed by atoms with E-state index >= 15 is 0 Å². The zero-order chi connectivity index (χ0) is 20.0. The number of nitrogens with zero attached hydrogens (tertiary/aromatic N) is 3. The third-order valence-corrected chi connectivity index (χ3v) is 6.41. The molecule has 0 atom stereocenters. The third-order valence-electron chi connectivity index (χ3n) is 4.04. The second-order valence-electron chi connectivity index (χ2n) is 6.03. The first-order valence-corrected chi connectivity index (χ1v) is 11.5. The third kappa shape index (κ3) is 5.40. The fourth-order valence-corrected chi connectivity index (χ4v) is 4.10. The standard InChI is InChI=1S/C19H21FN4O2S2/c1-2-28(25,26)21-12-13-27-19-23-22-18(16-8-10-17(20)11-9-16)24(19)14-15-6-4-3-5-7-15/h3-11,21H,2,12-14H2,1H3. The van der Waals surface area contributed by atoms with Crippen LogP contribution < -0.4 is 4.72 Å². The van der Waals surface area contributed by atoms with Crippen LogP contribution in [0.15, 0.2) is 59.8 Å². The number of halogens is 1. The van der Waals surface area contributed by atoms with Gasteiger partial charge in [-0.3, -0.25) is 4.57 Å². The van der Waals surface area contributed by atoms with Crippen molar-refractivity contribution < 1.29 is 12.8 Å². The van der Waals surface area contributed by atoms with E-state index in [4.69, 9.17) is 0 Å². The number of hydrogen-bond acceptors (Lipinski definition) is 5. The predicted octanol–water partition coefficient (Wildman–Crippen LogP) is 3.16. The molecule has 3 rings (SSSR count). The van der Waals surface area contributed by atoms with Gasteiger partial charge in [-0.05, 0) is 36.8 Å². The van der Waals surface area contributed by atoms with Crippen molar-refractivity contribution in [3.8, 4) is 11.4 Å². The molecule has 2 aromatic carbocycles. The maximum absolute atomic E-state index is 13.3. The summed E-state index contributed by atoms with van der Waals surface area (Å²) in [7, 11) is -3.22. The van der Waals surface area contributed by atoms with Gasteiger partial charge in [0.1, 0.15) is 5.82 Å². The molecule has 0 radical (unpaired) electrons. The highest BCUT2D eigenvalue weighted by Gasteiger charge is 2.15. The molecule has 28 heavy (non-hydrogen) atoms. The van der Waals surface area contributed by atoms with E-state index in [1.54, 1.807) is 19.1 Å². The molecule has 0 spiro atoms. The molecule has 0 saturated carbocycles. The lowest BCUT2D eigenvalue weighted by Crippen LogP contribution is -2.27. The molecule has 6 nitrogen and oxygen atoms in total. The smallest absolute Gasteiger partial charge is 0.211 e. The number of aromatic nitrogens is 3. The van der Waals surface area contributed by atoms with Gasteiger partial charge in [0.15, 0.2) is 11.0 Å². The van der Waals surface area contributed by atoms with E-state index in [0.29, 0.717) is 29.8 Å². The molecule has 9 heteroatoms. The first kappa shape index (κ1) is 20.5. The number of benzene rings is 2. The SMILES string of the molecule is CCS(=O)(=O)NCCSc1nnc(-c2ccc(F)cc2)n1Cc1ccccc1. The molecule has 0 unspecified atom stereocenters. The second-order valence-corrected chi connectivity index (χ2v) is 9.19. The van der Waals surface area contributed by atoms with Gasteiger partial charge in [0, 0.05) is 17.9 Å². The zero-order valence-electron chi connectivity index (χ0n) is 15.4. The summed E-state index contributed by atoms with van der Waals surface area (Å²) in [6, 6.07) is 16.0. The van der Waals surface area contributed by atoms with Crippen molar-refractivity contribution >= 4 is 21.8 Å². The number of thioether (sulfide) groups is 1. The number of sulfonamides is 1. The Balaban J connectivity index is 1.82. The van der Waals surface area contributed by atoms with Crippen LogP contribution in [0, 0.1) is 5.82 Å². The summed E-state index contributed by atoms with van der Waals surface area (Å²) in [5.41, 5.74) is 1.85. The number of rotatable bonds is 9. The molecular formula is C19H21FN4O2S2. The van der Waals surface area contributed by atoms with Crippen LogP contribution in [0.2, 0.25) is 0 Å². The van der Waals surface area contributed by atoms with E-state index in [1.807, 2.05) is 34.9 Å². The van der Waals surface area contributed by atoms with Crippen LogP contribution in [-0.2, 0) is 16.6 Å². The highest BCUT2D eigenvalue weighted by molar-refractivity contribution is 7.99. The van der Waals surface area contributed by atoms with Crippen LogP contribution in [0.4, 0.5) is 4.39 Å². The van der Waals surface area contributed by atoms with E-state index < -0.39 is 10.0 Å². The molecule has 0 amide bonds. The Morgan fingerprint density at radius 3 is 2.46 bits per heavy atom. The van der Waals surface area contributed by atoms with Crippen molar-refractivity contribution in [3.05, 3.63) is 66.0 Å². The van der Waals surface area contributed by atoms with Gasteiger partial charge < -0.3 is 0 Å². The molecule has 0 aliphatic carbocycles. The predicted molar refractivity (Wildman–Crippen MR) is 109 cm³/mol. The van der Waals surface area contributed by atoms with Crippen molar-refractivity contribution in [1.29, 1.82) is 0 Å². The average Bonchev–Trinajstić information content (AvgIpc) is 3.09. The molecule has 1 heterocycles. The van der Waals surface area contributed by atoms with Gasteiger partial charge in [-0.25, -0.2) is 17.5 Å². The van der Waals surface area contributed by atoms with Crippen LogP contribution in [0.25, 0.3) is 11.4 Å². The zero-order valence-corrected chi connectivity index (χ0v) is 17.0. The Kier molecular flexibility index (Phi) is 6.82. The minimum Gasteiger partial charge on any atom is -0.298 e. The molecule has 0 aliphatic rings. The Morgan fingerprint density at radius 2 is 1.79 bits per heavy atom. The normalized spacial score (nSPS) is 11.6. The molecule has 0 aliphatic heterocycles. The molecule has 0 fully saturated rings. The maximum Gasteiger partial charge on any atom is 0.211 e. The maximum atomic E-state index is 13.3. The molecule has 1 aromatic heterocycles. The summed E-state index contributed by atoms with van der Waals surface area (Å²) in [6.07, 6.45) is 0. The lowest BCUT2D eigenvalue weighted by molar-refractivity contribution is 0.585. The summed E-state index contributed by atoms with van der Waals surface area (Å²) >= 11 is 1.42. The van der Waals surface area contributed by atoms with Gasteiger partial charge in [-0.2, -0.15) is 0 Å². The molecule has 0 saturated heterocycles. The minimum atomic E-state index is -3.22. The highest BCUT2D eigenvalue weighted by atomic mass is 32.2. The largest absolute Gasteiger partial charge is 0.298 e. The second kappa shape index (κ2) is 9.31. The van der Waals surface area contributed by atoms with Crippen molar-refractivity contribution in [2.24, 2.45) is 0 Å². The summed E-state index contributed by atoms with van der Waals surface area (Å²) in [5, 5.41) is 9.24. The monoisotopic (exact) mass is 420 g/mol. The topological polar surface area (TPSA) is 76.9 Å². The van der Waals surface area contributed by atoms with Crippen LogP contribution in [0.1, 0.15) is 12.5 Å². The highest BCUT2D eigenvalue weighted by Crippen LogP contribution is 2.25. The van der Waals surface area contributed by atoms with E-state index in [-0.39, 0.29) is 11.6 Å². The first-order valence-electron chi connectivity index (χ1n) is 8.81. The lowest BCUT2D eigenvalue weighted by atomic mass is 10.2. The molecular weight excluding hydrogens is 399 g/mol. The Labute approximate surface area is 168 Å². The summed E-state index contributed by atoms with van der Waals surface area (Å²) in [4.78, 5) is 0. The van der Waals surface area contributed by atoms with E-state index in [9.17, 15) is 12.8 Å². The molecule has 148 valence electrons. The number of hydrogen-bond donors (Lipinski definition) is 1. The first-order chi connectivity index (χ1) is 13.5. The van der Waals surface area contributed by atoms with Crippen LogP contribution in [0.3, 0.4) is 0 Å².